The maximum Gasteiger partial charge on any atom is 0.274 e. The maximum absolute atomic E-state index is 11.0. The van der Waals surface area contributed by atoms with E-state index in [0.29, 0.717) is 5.56 Å². The van der Waals surface area contributed by atoms with Crippen LogP contribution in [-0.2, 0) is 6.42 Å². The number of nitro groups is 1. The summed E-state index contributed by atoms with van der Waals surface area (Å²) in [6.07, 6.45) is 3.41. The Labute approximate surface area is 124 Å². The molecule has 1 atom stereocenters. The van der Waals surface area contributed by atoms with E-state index in [0.717, 1.165) is 29.9 Å². The second kappa shape index (κ2) is 6.43. The Morgan fingerprint density at radius 3 is 2.71 bits per heavy atom. The summed E-state index contributed by atoms with van der Waals surface area (Å²) in [5, 5.41) is 14.4. The second-order valence-corrected chi connectivity index (χ2v) is 5.37. The normalized spacial score (nSPS) is 12.1. The van der Waals surface area contributed by atoms with Gasteiger partial charge >= 0.3 is 0 Å². The number of aryl methyl sites for hydroxylation is 3. The molecule has 21 heavy (non-hydrogen) atoms. The van der Waals surface area contributed by atoms with Crippen LogP contribution >= 0.6 is 0 Å². The minimum atomic E-state index is -0.340. The Balaban J connectivity index is 2.04. The van der Waals surface area contributed by atoms with Gasteiger partial charge in [-0.05, 0) is 51.0 Å². The van der Waals surface area contributed by atoms with Gasteiger partial charge in [-0.3, -0.25) is 10.1 Å². The molecule has 1 N–H and O–H groups in total. The van der Waals surface area contributed by atoms with Gasteiger partial charge < -0.3 is 9.73 Å². The van der Waals surface area contributed by atoms with E-state index in [2.05, 4.69) is 12.2 Å². The van der Waals surface area contributed by atoms with Crippen LogP contribution in [0.1, 0.15) is 30.2 Å². The fraction of sp³-hybridized carbons (Fsp3) is 0.375. The Morgan fingerprint density at radius 2 is 2.10 bits per heavy atom. The standard InChI is InChI=1S/C16H20N2O3/c1-11-9-12(2)16(18(19)20)10-15(11)17-13(3)6-7-14-5-4-8-21-14/h4-5,8-10,13,17H,6-7H2,1-3H3. The number of nitrogens with zero attached hydrogens (tertiary/aromatic N) is 1. The van der Waals surface area contributed by atoms with Crippen LogP contribution in [0, 0.1) is 24.0 Å². The lowest BCUT2D eigenvalue weighted by atomic mass is 10.1. The zero-order valence-electron chi connectivity index (χ0n) is 12.6. The average Bonchev–Trinajstić information content (AvgIpc) is 2.92. The van der Waals surface area contributed by atoms with Crippen LogP contribution in [-0.4, -0.2) is 11.0 Å². The summed E-state index contributed by atoms with van der Waals surface area (Å²) in [4.78, 5) is 10.7. The summed E-state index contributed by atoms with van der Waals surface area (Å²) in [6.45, 7) is 5.78. The quantitative estimate of drug-likeness (QED) is 0.637. The molecule has 0 spiro atoms. The Morgan fingerprint density at radius 1 is 1.33 bits per heavy atom. The fourth-order valence-electron chi connectivity index (χ4n) is 2.34. The number of anilines is 1. The molecule has 5 heteroatoms. The molecule has 2 aromatic rings. The third kappa shape index (κ3) is 3.84. The molecule has 1 aromatic carbocycles. The SMILES string of the molecule is Cc1cc(C)c([N+](=O)[O-])cc1NC(C)CCc1ccco1. The van der Waals surface area contributed by atoms with E-state index in [1.807, 2.05) is 25.1 Å². The molecule has 0 aliphatic heterocycles. The molecule has 2 rings (SSSR count). The van der Waals surface area contributed by atoms with Gasteiger partial charge in [0.15, 0.2) is 0 Å². The molecule has 0 saturated heterocycles. The van der Waals surface area contributed by atoms with Crippen molar-refractivity contribution in [2.24, 2.45) is 0 Å². The first-order valence-electron chi connectivity index (χ1n) is 7.02. The van der Waals surface area contributed by atoms with Crippen molar-refractivity contribution in [2.75, 3.05) is 5.32 Å². The number of hydrogen-bond acceptors (Lipinski definition) is 4. The number of benzene rings is 1. The Kier molecular flexibility index (Phi) is 4.62. The molecule has 0 amide bonds. The number of furan rings is 1. The van der Waals surface area contributed by atoms with Gasteiger partial charge in [-0.2, -0.15) is 0 Å². The van der Waals surface area contributed by atoms with Crippen molar-refractivity contribution in [1.29, 1.82) is 0 Å². The van der Waals surface area contributed by atoms with Gasteiger partial charge in [-0.25, -0.2) is 0 Å². The monoisotopic (exact) mass is 288 g/mol. The van der Waals surface area contributed by atoms with Crippen molar-refractivity contribution in [3.63, 3.8) is 0 Å². The maximum atomic E-state index is 11.0. The number of hydrogen-bond donors (Lipinski definition) is 1. The van der Waals surface area contributed by atoms with E-state index in [1.54, 1.807) is 19.3 Å². The van der Waals surface area contributed by atoms with E-state index in [1.165, 1.54) is 0 Å². The molecular formula is C16H20N2O3. The van der Waals surface area contributed by atoms with E-state index in [4.69, 9.17) is 4.42 Å². The molecule has 5 nitrogen and oxygen atoms in total. The van der Waals surface area contributed by atoms with Crippen molar-refractivity contribution in [2.45, 2.75) is 39.7 Å². The number of rotatable bonds is 6. The zero-order chi connectivity index (χ0) is 15.4. The molecule has 0 aliphatic carbocycles. The van der Waals surface area contributed by atoms with Gasteiger partial charge in [0.05, 0.1) is 11.2 Å². The molecule has 0 radical (unpaired) electrons. The Bertz CT molecular complexity index is 621. The molecule has 112 valence electrons. The van der Waals surface area contributed by atoms with Gasteiger partial charge in [0.2, 0.25) is 0 Å². The first-order valence-corrected chi connectivity index (χ1v) is 7.02. The van der Waals surface area contributed by atoms with Gasteiger partial charge in [-0.15, -0.1) is 0 Å². The van der Waals surface area contributed by atoms with Crippen molar-refractivity contribution in [3.05, 3.63) is 57.5 Å². The van der Waals surface area contributed by atoms with Crippen molar-refractivity contribution in [3.8, 4) is 0 Å². The molecule has 0 aliphatic rings. The molecule has 0 fully saturated rings. The van der Waals surface area contributed by atoms with Crippen LogP contribution in [0.25, 0.3) is 0 Å². The topological polar surface area (TPSA) is 68.3 Å². The lowest BCUT2D eigenvalue weighted by Crippen LogP contribution is -2.17. The summed E-state index contributed by atoms with van der Waals surface area (Å²) < 4.78 is 5.31. The smallest absolute Gasteiger partial charge is 0.274 e. The van der Waals surface area contributed by atoms with Crippen LogP contribution in [0.3, 0.4) is 0 Å². The van der Waals surface area contributed by atoms with Crippen LogP contribution in [0.15, 0.2) is 34.9 Å². The number of nitrogens with one attached hydrogen (secondary N) is 1. The summed E-state index contributed by atoms with van der Waals surface area (Å²) >= 11 is 0. The van der Waals surface area contributed by atoms with E-state index in [-0.39, 0.29) is 16.7 Å². The highest BCUT2D eigenvalue weighted by atomic mass is 16.6. The van der Waals surface area contributed by atoms with Gasteiger partial charge in [0.1, 0.15) is 5.76 Å². The number of nitro benzene ring substituents is 1. The minimum Gasteiger partial charge on any atom is -0.469 e. The highest BCUT2D eigenvalue weighted by molar-refractivity contribution is 5.60. The van der Waals surface area contributed by atoms with Crippen LogP contribution in [0.5, 0.6) is 0 Å². The fourth-order valence-corrected chi connectivity index (χ4v) is 2.34. The van der Waals surface area contributed by atoms with Crippen LogP contribution in [0.2, 0.25) is 0 Å². The lowest BCUT2D eigenvalue weighted by molar-refractivity contribution is -0.385. The van der Waals surface area contributed by atoms with Crippen molar-refractivity contribution < 1.29 is 9.34 Å². The van der Waals surface area contributed by atoms with Gasteiger partial charge in [0.25, 0.3) is 5.69 Å². The molecule has 1 unspecified atom stereocenters. The van der Waals surface area contributed by atoms with Crippen molar-refractivity contribution >= 4 is 11.4 Å². The van der Waals surface area contributed by atoms with Crippen LogP contribution in [0.4, 0.5) is 11.4 Å². The lowest BCUT2D eigenvalue weighted by Gasteiger charge is -2.17. The molecule has 0 bridgehead atoms. The largest absolute Gasteiger partial charge is 0.469 e. The first-order chi connectivity index (χ1) is 9.97. The molecule has 1 heterocycles. The summed E-state index contributed by atoms with van der Waals surface area (Å²) in [5.74, 6) is 0.954. The van der Waals surface area contributed by atoms with E-state index in [9.17, 15) is 10.1 Å². The third-order valence-corrected chi connectivity index (χ3v) is 3.55. The predicted octanol–water partition coefficient (Wildman–Crippen LogP) is 4.24. The average molecular weight is 288 g/mol. The van der Waals surface area contributed by atoms with Gasteiger partial charge in [-0.1, -0.05) is 0 Å². The summed E-state index contributed by atoms with van der Waals surface area (Å²) in [5.41, 5.74) is 2.68. The predicted molar refractivity (Wildman–Crippen MR) is 82.7 cm³/mol. The Hall–Kier alpha value is -2.30. The highest BCUT2D eigenvalue weighted by Crippen LogP contribution is 2.27. The minimum absolute atomic E-state index is 0.154. The summed E-state index contributed by atoms with van der Waals surface area (Å²) in [7, 11) is 0. The van der Waals surface area contributed by atoms with Gasteiger partial charge in [0, 0.05) is 29.8 Å². The first kappa shape index (κ1) is 15.1. The highest BCUT2D eigenvalue weighted by Gasteiger charge is 2.14. The second-order valence-electron chi connectivity index (χ2n) is 5.37. The van der Waals surface area contributed by atoms with E-state index < -0.39 is 0 Å². The van der Waals surface area contributed by atoms with Crippen molar-refractivity contribution in [1.82, 2.24) is 0 Å². The van der Waals surface area contributed by atoms with Crippen LogP contribution < -0.4 is 5.32 Å². The molecular weight excluding hydrogens is 268 g/mol. The summed E-state index contributed by atoms with van der Waals surface area (Å²) in [6, 6.07) is 7.50. The third-order valence-electron chi connectivity index (χ3n) is 3.55. The van der Waals surface area contributed by atoms with E-state index >= 15 is 0 Å². The molecule has 0 saturated carbocycles. The molecule has 1 aromatic heterocycles. The zero-order valence-corrected chi connectivity index (χ0v) is 12.6.